The first-order valence-electron chi connectivity index (χ1n) is 10.8. The number of rotatable bonds is 6. The number of carbonyl (C=O) groups excluding carboxylic acids is 2. The van der Waals surface area contributed by atoms with E-state index in [2.05, 4.69) is 10.3 Å². The second-order valence-electron chi connectivity index (χ2n) is 7.95. The standard InChI is InChI=1S/C26H22N4O3S/c1-33-22-7-5-21(6-8-22)30-15-19(14-24(30)31)25(32)28-20-4-2-3-18(13-20)23-16-34-26(29-23)17-9-11-27-12-10-17/h2-13,16,19H,14-15H2,1H3,(H,28,32). The van der Waals surface area contributed by atoms with Crippen molar-refractivity contribution >= 4 is 34.5 Å². The van der Waals surface area contributed by atoms with Crippen molar-refractivity contribution in [1.29, 1.82) is 0 Å². The lowest BCUT2D eigenvalue weighted by Crippen LogP contribution is -2.28. The first-order chi connectivity index (χ1) is 16.6. The van der Waals surface area contributed by atoms with Crippen molar-refractivity contribution in [2.45, 2.75) is 6.42 Å². The van der Waals surface area contributed by atoms with Crippen LogP contribution < -0.4 is 15.0 Å². The lowest BCUT2D eigenvalue weighted by atomic mass is 10.1. The molecule has 1 fully saturated rings. The zero-order chi connectivity index (χ0) is 23.5. The van der Waals surface area contributed by atoms with Gasteiger partial charge in [-0.05, 0) is 48.5 Å². The molecule has 2 amide bonds. The van der Waals surface area contributed by atoms with Crippen molar-refractivity contribution in [2.75, 3.05) is 23.9 Å². The van der Waals surface area contributed by atoms with Gasteiger partial charge in [-0.2, -0.15) is 0 Å². The Hall–Kier alpha value is -4.04. The number of nitrogens with zero attached hydrogens (tertiary/aromatic N) is 3. The van der Waals surface area contributed by atoms with E-state index in [1.165, 1.54) is 0 Å². The van der Waals surface area contributed by atoms with E-state index in [0.29, 0.717) is 12.2 Å². The zero-order valence-electron chi connectivity index (χ0n) is 18.5. The second-order valence-corrected chi connectivity index (χ2v) is 8.81. The first-order valence-corrected chi connectivity index (χ1v) is 11.7. The number of thiazole rings is 1. The predicted octanol–water partition coefficient (Wildman–Crippen LogP) is 4.87. The van der Waals surface area contributed by atoms with Crippen LogP contribution in [-0.4, -0.2) is 35.4 Å². The molecule has 5 rings (SSSR count). The van der Waals surface area contributed by atoms with Gasteiger partial charge >= 0.3 is 0 Å². The van der Waals surface area contributed by atoms with E-state index in [9.17, 15) is 9.59 Å². The van der Waals surface area contributed by atoms with Crippen LogP contribution in [0.1, 0.15) is 6.42 Å². The average Bonchev–Trinajstić information content (AvgIpc) is 3.52. The molecule has 1 unspecified atom stereocenters. The molecule has 0 radical (unpaired) electrons. The highest BCUT2D eigenvalue weighted by molar-refractivity contribution is 7.13. The number of ether oxygens (including phenoxy) is 1. The van der Waals surface area contributed by atoms with Gasteiger partial charge in [0.05, 0.1) is 18.7 Å². The van der Waals surface area contributed by atoms with Crippen molar-refractivity contribution < 1.29 is 14.3 Å². The quantitative estimate of drug-likeness (QED) is 0.435. The Bertz CT molecular complexity index is 1320. The number of amides is 2. The Morgan fingerprint density at radius 2 is 1.88 bits per heavy atom. The van der Waals surface area contributed by atoms with Gasteiger partial charge in [-0.1, -0.05) is 12.1 Å². The zero-order valence-corrected chi connectivity index (χ0v) is 19.3. The van der Waals surface area contributed by atoms with E-state index in [1.807, 2.05) is 53.9 Å². The van der Waals surface area contributed by atoms with Gasteiger partial charge in [0.25, 0.3) is 0 Å². The number of anilines is 2. The molecule has 1 aliphatic rings. The molecular weight excluding hydrogens is 448 g/mol. The van der Waals surface area contributed by atoms with Crippen molar-refractivity contribution in [3.05, 3.63) is 78.4 Å². The number of nitrogens with one attached hydrogen (secondary N) is 1. The smallest absolute Gasteiger partial charge is 0.229 e. The molecule has 0 spiro atoms. The van der Waals surface area contributed by atoms with E-state index < -0.39 is 5.92 Å². The molecule has 0 saturated carbocycles. The molecule has 0 aliphatic carbocycles. The van der Waals surface area contributed by atoms with E-state index in [0.717, 1.165) is 33.3 Å². The highest BCUT2D eigenvalue weighted by Crippen LogP contribution is 2.31. The molecule has 2 aromatic carbocycles. The Labute approximate surface area is 201 Å². The summed E-state index contributed by atoms with van der Waals surface area (Å²) in [4.78, 5) is 35.9. The molecule has 170 valence electrons. The number of aromatic nitrogens is 2. The number of hydrogen-bond acceptors (Lipinski definition) is 6. The number of carbonyl (C=O) groups is 2. The van der Waals surface area contributed by atoms with E-state index >= 15 is 0 Å². The number of hydrogen-bond donors (Lipinski definition) is 1. The maximum Gasteiger partial charge on any atom is 0.229 e. The Kier molecular flexibility index (Phi) is 6.05. The second kappa shape index (κ2) is 9.44. The number of benzene rings is 2. The fraction of sp³-hybridized carbons (Fsp3) is 0.154. The van der Waals surface area contributed by atoms with Crippen LogP contribution in [0.25, 0.3) is 21.8 Å². The molecule has 7 nitrogen and oxygen atoms in total. The van der Waals surface area contributed by atoms with Crippen molar-refractivity contribution in [1.82, 2.24) is 9.97 Å². The summed E-state index contributed by atoms with van der Waals surface area (Å²) in [5.41, 5.74) is 4.21. The summed E-state index contributed by atoms with van der Waals surface area (Å²) in [6, 6.07) is 18.7. The lowest BCUT2D eigenvalue weighted by molar-refractivity contribution is -0.122. The minimum Gasteiger partial charge on any atom is -0.497 e. The predicted molar refractivity (Wildman–Crippen MR) is 133 cm³/mol. The molecular formula is C26H22N4O3S. The molecule has 3 heterocycles. The number of methoxy groups -OCH3 is 1. The monoisotopic (exact) mass is 470 g/mol. The first kappa shape index (κ1) is 21.8. The van der Waals surface area contributed by atoms with Crippen LogP contribution in [0.15, 0.2) is 78.4 Å². The maximum atomic E-state index is 12.9. The normalized spacial score (nSPS) is 15.4. The molecule has 34 heavy (non-hydrogen) atoms. The highest BCUT2D eigenvalue weighted by Gasteiger charge is 2.35. The number of pyridine rings is 1. The van der Waals surface area contributed by atoms with E-state index in [4.69, 9.17) is 9.72 Å². The third-order valence-corrected chi connectivity index (χ3v) is 6.63. The average molecular weight is 471 g/mol. The molecule has 1 atom stereocenters. The van der Waals surface area contributed by atoms with E-state index in [-0.39, 0.29) is 18.2 Å². The van der Waals surface area contributed by atoms with Gasteiger partial charge in [0.15, 0.2) is 0 Å². The van der Waals surface area contributed by atoms with Crippen LogP contribution in [0.4, 0.5) is 11.4 Å². The van der Waals surface area contributed by atoms with Gasteiger partial charge < -0.3 is 15.0 Å². The van der Waals surface area contributed by atoms with Gasteiger partial charge in [0.2, 0.25) is 11.8 Å². The summed E-state index contributed by atoms with van der Waals surface area (Å²) in [6.07, 6.45) is 3.67. The summed E-state index contributed by atoms with van der Waals surface area (Å²) in [5, 5.41) is 5.88. The minimum atomic E-state index is -0.421. The van der Waals surface area contributed by atoms with Crippen molar-refractivity contribution in [3.8, 4) is 27.6 Å². The summed E-state index contributed by atoms with van der Waals surface area (Å²) in [5.74, 6) is 0.0656. The van der Waals surface area contributed by atoms with Gasteiger partial charge in [-0.3, -0.25) is 14.6 Å². The van der Waals surface area contributed by atoms with Gasteiger partial charge in [0.1, 0.15) is 10.8 Å². The largest absolute Gasteiger partial charge is 0.497 e. The van der Waals surface area contributed by atoms with Crippen molar-refractivity contribution in [2.24, 2.45) is 5.92 Å². The third-order valence-electron chi connectivity index (χ3n) is 5.74. The van der Waals surface area contributed by atoms with E-state index in [1.54, 1.807) is 47.9 Å². The van der Waals surface area contributed by atoms with Crippen LogP contribution in [0.5, 0.6) is 5.75 Å². The summed E-state index contributed by atoms with van der Waals surface area (Å²) in [7, 11) is 1.60. The molecule has 4 aromatic rings. The molecule has 8 heteroatoms. The fourth-order valence-corrected chi connectivity index (χ4v) is 4.76. The lowest BCUT2D eigenvalue weighted by Gasteiger charge is -2.17. The summed E-state index contributed by atoms with van der Waals surface area (Å²) >= 11 is 1.56. The van der Waals surface area contributed by atoms with Gasteiger partial charge in [-0.15, -0.1) is 11.3 Å². The topological polar surface area (TPSA) is 84.4 Å². The van der Waals surface area contributed by atoms with Crippen molar-refractivity contribution in [3.63, 3.8) is 0 Å². The SMILES string of the molecule is COc1ccc(N2CC(C(=O)Nc3cccc(-c4csc(-c5ccncc5)n4)c3)CC2=O)cc1. The third kappa shape index (κ3) is 4.53. The Balaban J connectivity index is 1.27. The molecule has 0 bridgehead atoms. The summed E-state index contributed by atoms with van der Waals surface area (Å²) < 4.78 is 5.18. The molecule has 1 N–H and O–H groups in total. The molecule has 1 aliphatic heterocycles. The van der Waals surface area contributed by atoms with Crippen LogP contribution in [-0.2, 0) is 9.59 Å². The van der Waals surface area contributed by atoms with Crippen LogP contribution in [0.3, 0.4) is 0 Å². The molecule has 1 saturated heterocycles. The Morgan fingerprint density at radius 1 is 1.09 bits per heavy atom. The Morgan fingerprint density at radius 3 is 2.65 bits per heavy atom. The van der Waals surface area contributed by atoms with Crippen LogP contribution in [0, 0.1) is 5.92 Å². The van der Waals surface area contributed by atoms with Gasteiger partial charge in [-0.25, -0.2) is 4.98 Å². The highest BCUT2D eigenvalue weighted by atomic mass is 32.1. The van der Waals surface area contributed by atoms with Gasteiger partial charge in [0, 0.05) is 53.2 Å². The molecule has 2 aromatic heterocycles. The summed E-state index contributed by atoms with van der Waals surface area (Å²) in [6.45, 7) is 0.345. The van der Waals surface area contributed by atoms with Crippen LogP contribution >= 0.6 is 11.3 Å². The fourth-order valence-electron chi connectivity index (χ4n) is 3.93. The van der Waals surface area contributed by atoms with Crippen LogP contribution in [0.2, 0.25) is 0 Å². The minimum absolute atomic E-state index is 0.0646. The maximum absolute atomic E-state index is 12.9.